The number of aromatic nitrogens is 2. The van der Waals surface area contributed by atoms with Crippen molar-refractivity contribution in [1.82, 2.24) is 15.0 Å². The lowest BCUT2D eigenvalue weighted by Gasteiger charge is -2.12. The SMILES string of the molecule is Cc1cc(C(=O)NCCO)ccc1-c1cccc(COc2ccc(Cn3oc(=O)[nH]c3=O)cc2)c1. The van der Waals surface area contributed by atoms with Crippen molar-refractivity contribution in [2.75, 3.05) is 13.2 Å². The zero-order valence-corrected chi connectivity index (χ0v) is 19.1. The molecule has 3 aromatic carbocycles. The number of rotatable bonds is 9. The first kappa shape index (κ1) is 23.8. The van der Waals surface area contributed by atoms with Crippen molar-refractivity contribution < 1.29 is 19.2 Å². The second kappa shape index (κ2) is 10.7. The largest absolute Gasteiger partial charge is 0.489 e. The van der Waals surface area contributed by atoms with E-state index in [0.717, 1.165) is 32.6 Å². The number of amides is 1. The lowest BCUT2D eigenvalue weighted by Crippen LogP contribution is -2.26. The summed E-state index contributed by atoms with van der Waals surface area (Å²) < 4.78 is 11.6. The van der Waals surface area contributed by atoms with Crippen LogP contribution in [0.5, 0.6) is 5.75 Å². The van der Waals surface area contributed by atoms with E-state index >= 15 is 0 Å². The Labute approximate surface area is 200 Å². The first-order valence-corrected chi connectivity index (χ1v) is 11.0. The van der Waals surface area contributed by atoms with E-state index in [1.54, 1.807) is 30.3 Å². The van der Waals surface area contributed by atoms with Gasteiger partial charge in [0.15, 0.2) is 0 Å². The molecule has 9 heteroatoms. The molecule has 0 bridgehead atoms. The normalized spacial score (nSPS) is 10.8. The fourth-order valence-corrected chi connectivity index (χ4v) is 3.67. The standard InChI is InChI=1S/C26H25N3O6/c1-17-13-21(24(31)27-11-12-30)7-10-23(17)20-4-2-3-19(14-20)16-34-22-8-5-18(6-9-22)15-29-25(32)28-26(33)35-29/h2-10,13-14,30H,11-12,15-16H2,1H3,(H,27,31)(H,28,32,33). The summed E-state index contributed by atoms with van der Waals surface area (Å²) in [7, 11) is 0. The predicted molar refractivity (Wildman–Crippen MR) is 129 cm³/mol. The molecule has 0 fully saturated rings. The summed E-state index contributed by atoms with van der Waals surface area (Å²) >= 11 is 0. The third-order valence-electron chi connectivity index (χ3n) is 5.41. The number of nitrogens with zero attached hydrogens (tertiary/aromatic N) is 1. The molecule has 0 aliphatic carbocycles. The van der Waals surface area contributed by atoms with E-state index in [2.05, 4.69) is 5.32 Å². The molecule has 3 N–H and O–H groups in total. The quantitative estimate of drug-likeness (QED) is 0.341. The van der Waals surface area contributed by atoms with Gasteiger partial charge >= 0.3 is 11.4 Å². The number of carbonyl (C=O) groups excluding carboxylic acids is 1. The molecule has 180 valence electrons. The molecular weight excluding hydrogens is 450 g/mol. The Morgan fingerprint density at radius 3 is 2.54 bits per heavy atom. The topological polar surface area (TPSA) is 127 Å². The number of nitrogens with one attached hydrogen (secondary N) is 2. The van der Waals surface area contributed by atoms with E-state index in [-0.39, 0.29) is 25.6 Å². The maximum atomic E-state index is 12.1. The van der Waals surface area contributed by atoms with Gasteiger partial charge < -0.3 is 19.7 Å². The third kappa shape index (κ3) is 5.96. The highest BCUT2D eigenvalue weighted by Crippen LogP contribution is 2.26. The second-order valence-corrected chi connectivity index (χ2v) is 7.99. The molecule has 0 aliphatic rings. The maximum absolute atomic E-state index is 12.1. The first-order valence-electron chi connectivity index (χ1n) is 11.0. The van der Waals surface area contributed by atoms with Crippen molar-refractivity contribution >= 4 is 5.91 Å². The van der Waals surface area contributed by atoms with Crippen LogP contribution in [0.25, 0.3) is 11.1 Å². The Hall–Kier alpha value is -4.37. The highest BCUT2D eigenvalue weighted by atomic mass is 16.5. The van der Waals surface area contributed by atoms with Gasteiger partial charge in [0, 0.05) is 12.1 Å². The van der Waals surface area contributed by atoms with E-state index in [0.29, 0.717) is 17.9 Å². The van der Waals surface area contributed by atoms with Gasteiger partial charge in [-0.15, -0.1) is 4.74 Å². The second-order valence-electron chi connectivity index (χ2n) is 7.99. The van der Waals surface area contributed by atoms with Gasteiger partial charge in [0.05, 0.1) is 13.2 Å². The molecule has 1 heterocycles. The van der Waals surface area contributed by atoms with Crippen molar-refractivity contribution in [3.63, 3.8) is 0 Å². The lowest BCUT2D eigenvalue weighted by atomic mass is 9.97. The molecule has 9 nitrogen and oxygen atoms in total. The van der Waals surface area contributed by atoms with E-state index < -0.39 is 11.4 Å². The Morgan fingerprint density at radius 1 is 1.06 bits per heavy atom. The van der Waals surface area contributed by atoms with Crippen molar-refractivity contribution in [3.05, 3.63) is 110 Å². The minimum Gasteiger partial charge on any atom is -0.489 e. The van der Waals surface area contributed by atoms with Crippen LogP contribution in [-0.4, -0.2) is 33.9 Å². The summed E-state index contributed by atoms with van der Waals surface area (Å²) in [6.07, 6.45) is 0. The lowest BCUT2D eigenvalue weighted by molar-refractivity contribution is 0.0944. The number of H-pyrrole nitrogens is 1. The molecule has 35 heavy (non-hydrogen) atoms. The molecule has 0 unspecified atom stereocenters. The van der Waals surface area contributed by atoms with Crippen molar-refractivity contribution in [2.24, 2.45) is 0 Å². The maximum Gasteiger partial charge on any atom is 0.440 e. The summed E-state index contributed by atoms with van der Waals surface area (Å²) in [6, 6.07) is 20.7. The molecule has 0 aliphatic heterocycles. The van der Waals surface area contributed by atoms with Crippen LogP contribution in [0.4, 0.5) is 0 Å². The Balaban J connectivity index is 1.40. The summed E-state index contributed by atoms with van der Waals surface area (Å²) in [6.45, 7) is 2.57. The van der Waals surface area contributed by atoms with E-state index in [9.17, 15) is 14.4 Å². The van der Waals surface area contributed by atoms with Gasteiger partial charge in [-0.25, -0.2) is 14.6 Å². The van der Waals surface area contributed by atoms with E-state index in [1.807, 2.05) is 48.3 Å². The monoisotopic (exact) mass is 475 g/mol. The molecule has 4 rings (SSSR count). The molecule has 0 radical (unpaired) electrons. The van der Waals surface area contributed by atoms with Crippen LogP contribution >= 0.6 is 0 Å². The molecule has 0 saturated carbocycles. The van der Waals surface area contributed by atoms with Crippen LogP contribution in [0.2, 0.25) is 0 Å². The average Bonchev–Trinajstić information content (AvgIpc) is 3.18. The minimum absolute atomic E-state index is 0.101. The zero-order valence-electron chi connectivity index (χ0n) is 19.1. The molecule has 0 saturated heterocycles. The Kier molecular flexibility index (Phi) is 7.27. The van der Waals surface area contributed by atoms with Crippen LogP contribution in [0.1, 0.15) is 27.0 Å². The van der Waals surface area contributed by atoms with Gasteiger partial charge in [-0.2, -0.15) is 0 Å². The van der Waals surface area contributed by atoms with Crippen molar-refractivity contribution in [2.45, 2.75) is 20.1 Å². The van der Waals surface area contributed by atoms with Gasteiger partial charge in [0.25, 0.3) is 5.91 Å². The smallest absolute Gasteiger partial charge is 0.440 e. The number of aromatic amines is 1. The molecule has 1 aromatic heterocycles. The number of benzene rings is 3. The predicted octanol–water partition coefficient (Wildman–Crippen LogP) is 2.45. The summed E-state index contributed by atoms with van der Waals surface area (Å²) in [5, 5.41) is 11.5. The number of ether oxygens (including phenoxy) is 1. The van der Waals surface area contributed by atoms with Crippen LogP contribution in [0, 0.1) is 6.92 Å². The van der Waals surface area contributed by atoms with Crippen molar-refractivity contribution in [1.29, 1.82) is 0 Å². The molecule has 0 spiro atoms. The van der Waals surface area contributed by atoms with Gasteiger partial charge in [-0.1, -0.05) is 36.4 Å². The van der Waals surface area contributed by atoms with Gasteiger partial charge in [0.2, 0.25) is 0 Å². The molecule has 4 aromatic rings. The number of aliphatic hydroxyl groups is 1. The minimum atomic E-state index is -0.785. The first-order chi connectivity index (χ1) is 16.9. The van der Waals surface area contributed by atoms with Crippen molar-refractivity contribution in [3.8, 4) is 16.9 Å². The Bertz CT molecular complexity index is 1430. The fourth-order valence-electron chi connectivity index (χ4n) is 3.67. The molecular formula is C26H25N3O6. The van der Waals surface area contributed by atoms with Crippen LogP contribution in [-0.2, 0) is 13.2 Å². The number of hydrogen-bond donors (Lipinski definition) is 3. The highest BCUT2D eigenvalue weighted by Gasteiger charge is 2.09. The summed E-state index contributed by atoms with van der Waals surface area (Å²) in [5.74, 6) is -0.338. The van der Waals surface area contributed by atoms with E-state index in [1.165, 1.54) is 0 Å². The number of aryl methyl sites for hydroxylation is 1. The summed E-state index contributed by atoms with van der Waals surface area (Å²) in [4.78, 5) is 36.8. The van der Waals surface area contributed by atoms with E-state index in [4.69, 9.17) is 14.4 Å². The highest BCUT2D eigenvalue weighted by molar-refractivity contribution is 5.95. The Morgan fingerprint density at radius 2 is 1.86 bits per heavy atom. The number of hydrogen-bond acceptors (Lipinski definition) is 6. The molecule has 1 amide bonds. The van der Waals surface area contributed by atoms with Gasteiger partial charge in [-0.05, 0) is 65.1 Å². The van der Waals surface area contributed by atoms with Crippen LogP contribution in [0.15, 0.2) is 80.8 Å². The number of carbonyl (C=O) groups is 1. The number of aliphatic hydroxyl groups excluding tert-OH is 1. The third-order valence-corrected chi connectivity index (χ3v) is 5.41. The fraction of sp³-hybridized carbons (Fsp3) is 0.192. The molecule has 0 atom stereocenters. The zero-order chi connectivity index (χ0) is 24.8. The van der Waals surface area contributed by atoms with Gasteiger partial charge in [0.1, 0.15) is 12.4 Å². The summed E-state index contributed by atoms with van der Waals surface area (Å²) in [5.41, 5.74) is 4.72. The van der Waals surface area contributed by atoms with Crippen LogP contribution in [0.3, 0.4) is 0 Å². The van der Waals surface area contributed by atoms with Gasteiger partial charge in [-0.3, -0.25) is 4.79 Å². The average molecular weight is 476 g/mol. The van der Waals surface area contributed by atoms with Crippen LogP contribution < -0.4 is 21.5 Å².